The Morgan fingerprint density at radius 3 is 2.33 bits per heavy atom. The Labute approximate surface area is 184 Å². The summed E-state index contributed by atoms with van der Waals surface area (Å²) >= 11 is 6.36. The van der Waals surface area contributed by atoms with Crippen LogP contribution in [0.1, 0.15) is 17.5 Å². The Kier molecular flexibility index (Phi) is 5.69. The van der Waals surface area contributed by atoms with Crippen molar-refractivity contribution in [3.63, 3.8) is 0 Å². The van der Waals surface area contributed by atoms with Crippen molar-refractivity contribution >= 4 is 34.4 Å². The van der Waals surface area contributed by atoms with E-state index < -0.39 is 0 Å². The van der Waals surface area contributed by atoms with E-state index in [0.717, 1.165) is 43.9 Å². The van der Waals surface area contributed by atoms with Crippen LogP contribution in [0, 0.1) is 6.92 Å². The fraction of sp³-hybridized carbons (Fsp3) is 0.0909. The van der Waals surface area contributed by atoms with Gasteiger partial charge in [0.05, 0.1) is 27.7 Å². The molecular weight excluding hydrogens is 412 g/mol. The molecule has 0 saturated heterocycles. The average molecular weight is 433 g/mol. The summed E-state index contributed by atoms with van der Waals surface area (Å²) in [6.07, 6.45) is 0. The summed E-state index contributed by atoms with van der Waals surface area (Å²) in [5.74, 6) is 0. The molecule has 0 amide bonds. The number of hydrogen-bond donors (Lipinski definition) is 2. The third-order valence-electron chi connectivity index (χ3n) is 4.48. The first-order valence-corrected chi connectivity index (χ1v) is 10.5. The predicted octanol–water partition coefficient (Wildman–Crippen LogP) is 4.53. The average Bonchev–Trinajstić information content (AvgIpc) is 3.37. The first-order valence-electron chi connectivity index (χ1n) is 9.32. The van der Waals surface area contributed by atoms with Gasteiger partial charge in [0.15, 0.2) is 5.11 Å². The van der Waals surface area contributed by atoms with Gasteiger partial charge in [-0.3, -0.25) is 5.43 Å². The highest BCUT2D eigenvalue weighted by atomic mass is 32.1. The lowest BCUT2D eigenvalue weighted by Crippen LogP contribution is -2.25. The topological polar surface area (TPSA) is 81.1 Å². The third kappa shape index (κ3) is 4.14. The van der Waals surface area contributed by atoms with Gasteiger partial charge in [-0.05, 0) is 32.1 Å². The molecule has 30 heavy (non-hydrogen) atoms. The number of hydrazone groups is 1. The van der Waals surface area contributed by atoms with Gasteiger partial charge >= 0.3 is 0 Å². The highest BCUT2D eigenvalue weighted by Crippen LogP contribution is 2.31. The summed E-state index contributed by atoms with van der Waals surface area (Å²) < 4.78 is 1.90. The maximum absolute atomic E-state index is 5.48. The quantitative estimate of drug-likeness (QED) is 0.275. The van der Waals surface area contributed by atoms with E-state index in [1.807, 2.05) is 54.9 Å². The van der Waals surface area contributed by atoms with Gasteiger partial charge in [0.25, 0.3) is 0 Å². The second-order valence-electron chi connectivity index (χ2n) is 6.64. The molecule has 0 aliphatic heterocycles. The summed E-state index contributed by atoms with van der Waals surface area (Å²) in [7, 11) is 0. The van der Waals surface area contributed by atoms with E-state index in [9.17, 15) is 0 Å². The minimum atomic E-state index is 0.127. The maximum Gasteiger partial charge on any atom is 0.211 e. The molecule has 2 heterocycles. The summed E-state index contributed by atoms with van der Waals surface area (Å²) in [6, 6.07) is 22.4. The minimum Gasteiger partial charge on any atom is -0.375 e. The first kappa shape index (κ1) is 19.9. The molecule has 0 aliphatic rings. The SMILES string of the molecule is C/C(=N\NC(N)=S)c1sc(-n2nc(-c3ccccc3)cc2-c2ccccc2)nc1C. The lowest BCUT2D eigenvalue weighted by molar-refractivity contribution is 0.876. The summed E-state index contributed by atoms with van der Waals surface area (Å²) in [5.41, 5.74) is 13.8. The largest absolute Gasteiger partial charge is 0.375 e. The Morgan fingerprint density at radius 2 is 1.70 bits per heavy atom. The molecule has 0 radical (unpaired) electrons. The molecule has 150 valence electrons. The van der Waals surface area contributed by atoms with E-state index in [1.165, 1.54) is 11.3 Å². The molecule has 0 fully saturated rings. The van der Waals surface area contributed by atoms with Gasteiger partial charge in [0.1, 0.15) is 0 Å². The lowest BCUT2D eigenvalue weighted by Gasteiger charge is -2.03. The Hall–Kier alpha value is -3.36. The Morgan fingerprint density at radius 1 is 1.07 bits per heavy atom. The number of nitrogens with one attached hydrogen (secondary N) is 1. The van der Waals surface area contributed by atoms with Crippen molar-refractivity contribution in [3.8, 4) is 27.6 Å². The van der Waals surface area contributed by atoms with Crippen LogP contribution in [0.4, 0.5) is 0 Å². The van der Waals surface area contributed by atoms with Crippen LogP contribution in [-0.2, 0) is 0 Å². The van der Waals surface area contributed by atoms with Gasteiger partial charge < -0.3 is 5.73 Å². The fourth-order valence-corrected chi connectivity index (χ4v) is 4.11. The molecule has 0 spiro atoms. The summed E-state index contributed by atoms with van der Waals surface area (Å²) in [6.45, 7) is 3.85. The van der Waals surface area contributed by atoms with Gasteiger partial charge in [-0.25, -0.2) is 9.67 Å². The third-order valence-corrected chi connectivity index (χ3v) is 5.81. The van der Waals surface area contributed by atoms with E-state index in [1.54, 1.807) is 0 Å². The number of nitrogens with zero attached hydrogens (tertiary/aromatic N) is 4. The van der Waals surface area contributed by atoms with Crippen LogP contribution < -0.4 is 11.2 Å². The van der Waals surface area contributed by atoms with E-state index in [2.05, 4.69) is 40.9 Å². The standard InChI is InChI=1S/C22H20N6S2/c1-14-20(15(2)25-26-21(23)29)30-22(24-14)28-19(17-11-7-4-8-12-17)13-18(27-28)16-9-5-3-6-10-16/h3-13H,1-2H3,(H3,23,26,29)/b25-15+. The van der Waals surface area contributed by atoms with Gasteiger partial charge in [0, 0.05) is 11.1 Å². The maximum atomic E-state index is 5.48. The predicted molar refractivity (Wildman–Crippen MR) is 127 cm³/mol. The molecule has 3 N–H and O–H groups in total. The van der Waals surface area contributed by atoms with Gasteiger partial charge in [-0.1, -0.05) is 72.0 Å². The van der Waals surface area contributed by atoms with Crippen molar-refractivity contribution in [1.82, 2.24) is 20.2 Å². The van der Waals surface area contributed by atoms with Crippen molar-refractivity contribution < 1.29 is 0 Å². The fourth-order valence-electron chi connectivity index (χ4n) is 3.09. The number of hydrogen-bond acceptors (Lipinski definition) is 5. The van der Waals surface area contributed by atoms with E-state index in [0.29, 0.717) is 0 Å². The molecule has 6 nitrogen and oxygen atoms in total. The van der Waals surface area contributed by atoms with Crippen LogP contribution >= 0.6 is 23.6 Å². The Balaban J connectivity index is 1.82. The highest BCUT2D eigenvalue weighted by molar-refractivity contribution is 7.80. The monoisotopic (exact) mass is 432 g/mol. The smallest absolute Gasteiger partial charge is 0.211 e. The van der Waals surface area contributed by atoms with Crippen LogP contribution in [0.5, 0.6) is 0 Å². The van der Waals surface area contributed by atoms with Crippen molar-refractivity contribution in [3.05, 3.63) is 77.3 Å². The van der Waals surface area contributed by atoms with Crippen molar-refractivity contribution in [2.75, 3.05) is 0 Å². The molecule has 2 aromatic carbocycles. The number of aromatic nitrogens is 3. The Bertz CT molecular complexity index is 1210. The first-order chi connectivity index (χ1) is 14.5. The van der Waals surface area contributed by atoms with Crippen molar-refractivity contribution in [2.45, 2.75) is 13.8 Å². The van der Waals surface area contributed by atoms with Gasteiger partial charge in [0.2, 0.25) is 5.13 Å². The highest BCUT2D eigenvalue weighted by Gasteiger charge is 2.18. The molecular formula is C22H20N6S2. The van der Waals surface area contributed by atoms with E-state index in [-0.39, 0.29) is 5.11 Å². The second kappa shape index (κ2) is 8.56. The molecule has 2 aromatic heterocycles. The lowest BCUT2D eigenvalue weighted by atomic mass is 10.1. The second-order valence-corrected chi connectivity index (χ2v) is 8.06. The molecule has 0 aliphatic carbocycles. The number of aryl methyl sites for hydroxylation is 1. The molecule has 0 unspecified atom stereocenters. The van der Waals surface area contributed by atoms with Crippen LogP contribution in [0.25, 0.3) is 27.6 Å². The zero-order valence-electron chi connectivity index (χ0n) is 16.5. The molecule has 4 aromatic rings. The summed E-state index contributed by atoms with van der Waals surface area (Å²) in [4.78, 5) is 5.72. The van der Waals surface area contributed by atoms with Gasteiger partial charge in [-0.2, -0.15) is 10.2 Å². The molecule has 4 rings (SSSR count). The zero-order valence-corrected chi connectivity index (χ0v) is 18.2. The van der Waals surface area contributed by atoms with Crippen molar-refractivity contribution in [2.24, 2.45) is 10.8 Å². The number of rotatable bonds is 5. The zero-order chi connectivity index (χ0) is 21.1. The van der Waals surface area contributed by atoms with E-state index in [4.69, 9.17) is 28.0 Å². The number of benzene rings is 2. The van der Waals surface area contributed by atoms with Crippen LogP contribution in [-0.4, -0.2) is 25.6 Å². The van der Waals surface area contributed by atoms with Crippen LogP contribution in [0.3, 0.4) is 0 Å². The molecule has 8 heteroatoms. The molecule has 0 saturated carbocycles. The normalized spacial score (nSPS) is 11.5. The van der Waals surface area contributed by atoms with Crippen molar-refractivity contribution in [1.29, 1.82) is 0 Å². The van der Waals surface area contributed by atoms with Crippen LogP contribution in [0.15, 0.2) is 71.8 Å². The van der Waals surface area contributed by atoms with E-state index >= 15 is 0 Å². The number of nitrogens with two attached hydrogens (primary N) is 1. The van der Waals surface area contributed by atoms with Gasteiger partial charge in [-0.15, -0.1) is 0 Å². The van der Waals surface area contributed by atoms with Crippen LogP contribution in [0.2, 0.25) is 0 Å². The minimum absolute atomic E-state index is 0.127. The number of thiazole rings is 1. The molecule has 0 atom stereocenters. The molecule has 0 bridgehead atoms. The number of thiocarbonyl (C=S) groups is 1. The summed E-state index contributed by atoms with van der Waals surface area (Å²) in [5, 5.41) is 10.0.